The predicted molar refractivity (Wildman–Crippen MR) is 139 cm³/mol. The summed E-state index contributed by atoms with van der Waals surface area (Å²) in [7, 11) is 1.71. The molecule has 1 fully saturated rings. The molecular weight excluding hydrogens is 517 g/mol. The summed E-state index contributed by atoms with van der Waals surface area (Å²) in [5.41, 5.74) is 2.07. The van der Waals surface area contributed by atoms with Gasteiger partial charge >= 0.3 is 0 Å². The van der Waals surface area contributed by atoms with E-state index in [1.165, 1.54) is 5.69 Å². The molecule has 1 aromatic carbocycles. The number of piperidine rings is 1. The van der Waals surface area contributed by atoms with Crippen LogP contribution in [0.1, 0.15) is 25.6 Å². The van der Waals surface area contributed by atoms with Gasteiger partial charge in [-0.3, -0.25) is 9.39 Å². The average Bonchev–Trinajstić information content (AvgIpc) is 3.22. The number of ether oxygens (including phenoxy) is 1. The molecule has 2 N–H and O–H groups in total. The Morgan fingerprint density at radius 1 is 1.22 bits per heavy atom. The van der Waals surface area contributed by atoms with Crippen LogP contribution < -0.4 is 20.3 Å². The van der Waals surface area contributed by atoms with Crippen LogP contribution in [0.5, 0.6) is 5.75 Å². The second kappa shape index (κ2) is 11.9. The Morgan fingerprint density at radius 2 is 2.12 bits per heavy atom. The van der Waals surface area contributed by atoms with Crippen LogP contribution in [0.2, 0.25) is 0 Å². The summed E-state index contributed by atoms with van der Waals surface area (Å²) in [6, 6.07) is 14.5. The summed E-state index contributed by atoms with van der Waals surface area (Å²) in [6.45, 7) is 5.56. The fourth-order valence-electron chi connectivity index (χ4n) is 3.98. The molecule has 8 nitrogen and oxygen atoms in total. The number of nitrogens with zero attached hydrogens (tertiary/aromatic N) is 5. The Bertz CT molecular complexity index is 1020. The molecule has 0 radical (unpaired) electrons. The summed E-state index contributed by atoms with van der Waals surface area (Å²) in [5.74, 6) is 2.68. The minimum atomic E-state index is 0. The largest absolute Gasteiger partial charge is 0.497 e. The number of halogens is 1. The third-order valence-corrected chi connectivity index (χ3v) is 5.51. The van der Waals surface area contributed by atoms with Crippen molar-refractivity contribution in [2.75, 3.05) is 38.2 Å². The molecular formula is C23H32IN7O. The topological polar surface area (TPSA) is 79.1 Å². The number of guanidine groups is 1. The molecule has 172 valence electrons. The number of fused-ring (bicyclic) bond motifs is 1. The fraction of sp³-hybridized carbons (Fsp3) is 0.435. The number of rotatable bonds is 7. The summed E-state index contributed by atoms with van der Waals surface area (Å²) in [6.07, 6.45) is 5.00. The van der Waals surface area contributed by atoms with Crippen LogP contribution in [0.4, 0.5) is 5.69 Å². The Hall–Kier alpha value is -2.56. The third kappa shape index (κ3) is 6.02. The van der Waals surface area contributed by atoms with Crippen molar-refractivity contribution < 1.29 is 4.74 Å². The van der Waals surface area contributed by atoms with Crippen molar-refractivity contribution in [2.45, 2.75) is 32.2 Å². The third-order valence-electron chi connectivity index (χ3n) is 5.51. The van der Waals surface area contributed by atoms with Crippen LogP contribution in [0.25, 0.3) is 5.65 Å². The molecule has 1 aliphatic heterocycles. The fourth-order valence-corrected chi connectivity index (χ4v) is 3.98. The zero-order valence-corrected chi connectivity index (χ0v) is 21.0. The van der Waals surface area contributed by atoms with E-state index in [4.69, 9.17) is 9.73 Å². The Balaban J connectivity index is 0.00000289. The van der Waals surface area contributed by atoms with Crippen LogP contribution in [0.3, 0.4) is 0 Å². The molecule has 3 aromatic rings. The van der Waals surface area contributed by atoms with Gasteiger partial charge in [-0.05, 0) is 44.0 Å². The molecule has 3 heterocycles. The van der Waals surface area contributed by atoms with Gasteiger partial charge in [0.1, 0.15) is 11.6 Å². The number of nitrogens with one attached hydrogen (secondary N) is 2. The molecule has 2 aromatic heterocycles. The second-order valence-electron chi connectivity index (χ2n) is 7.69. The van der Waals surface area contributed by atoms with Gasteiger partial charge in [0.2, 0.25) is 0 Å². The summed E-state index contributed by atoms with van der Waals surface area (Å²) < 4.78 is 7.40. The van der Waals surface area contributed by atoms with E-state index in [0.29, 0.717) is 12.6 Å². The Kier molecular flexibility index (Phi) is 8.95. The molecule has 1 atom stereocenters. The van der Waals surface area contributed by atoms with E-state index in [2.05, 4.69) is 44.8 Å². The monoisotopic (exact) mass is 549 g/mol. The minimum absolute atomic E-state index is 0. The Morgan fingerprint density at radius 3 is 2.97 bits per heavy atom. The zero-order chi connectivity index (χ0) is 21.5. The van der Waals surface area contributed by atoms with Crippen molar-refractivity contribution in [3.05, 3.63) is 54.5 Å². The van der Waals surface area contributed by atoms with E-state index >= 15 is 0 Å². The van der Waals surface area contributed by atoms with Crippen LogP contribution in [-0.4, -0.2) is 59.9 Å². The normalized spacial score (nSPS) is 16.5. The van der Waals surface area contributed by atoms with Crippen molar-refractivity contribution in [3.8, 4) is 5.75 Å². The van der Waals surface area contributed by atoms with Gasteiger partial charge in [0.25, 0.3) is 0 Å². The SMILES string of the molecule is CCNC(=NCCc1nnc2ccccn12)NC1CCCN(c2cccc(OC)c2)C1.I. The van der Waals surface area contributed by atoms with Gasteiger partial charge in [-0.15, -0.1) is 34.2 Å². The summed E-state index contributed by atoms with van der Waals surface area (Å²) in [4.78, 5) is 7.20. The van der Waals surface area contributed by atoms with Gasteiger partial charge < -0.3 is 20.3 Å². The average molecular weight is 549 g/mol. The molecule has 0 saturated carbocycles. The molecule has 0 spiro atoms. The maximum atomic E-state index is 5.39. The van der Waals surface area contributed by atoms with E-state index in [-0.39, 0.29) is 24.0 Å². The highest BCUT2D eigenvalue weighted by atomic mass is 127. The lowest BCUT2D eigenvalue weighted by Crippen LogP contribution is -2.51. The van der Waals surface area contributed by atoms with Crippen molar-refractivity contribution >= 4 is 41.3 Å². The number of pyridine rings is 1. The van der Waals surface area contributed by atoms with E-state index in [9.17, 15) is 0 Å². The molecule has 1 saturated heterocycles. The van der Waals surface area contributed by atoms with E-state index in [1.54, 1.807) is 7.11 Å². The zero-order valence-electron chi connectivity index (χ0n) is 18.7. The van der Waals surface area contributed by atoms with Crippen molar-refractivity contribution in [3.63, 3.8) is 0 Å². The first kappa shape index (κ1) is 24.1. The number of aromatic nitrogens is 3. The maximum Gasteiger partial charge on any atom is 0.191 e. The number of anilines is 1. The summed E-state index contributed by atoms with van der Waals surface area (Å²) in [5, 5.41) is 15.5. The molecule has 4 rings (SSSR count). The van der Waals surface area contributed by atoms with Crippen LogP contribution in [-0.2, 0) is 6.42 Å². The molecule has 32 heavy (non-hydrogen) atoms. The summed E-state index contributed by atoms with van der Waals surface area (Å²) >= 11 is 0. The van der Waals surface area contributed by atoms with Crippen LogP contribution in [0, 0.1) is 0 Å². The lowest BCUT2D eigenvalue weighted by atomic mass is 10.0. The highest BCUT2D eigenvalue weighted by Crippen LogP contribution is 2.24. The second-order valence-corrected chi connectivity index (χ2v) is 7.69. The number of benzene rings is 1. The molecule has 9 heteroatoms. The smallest absolute Gasteiger partial charge is 0.191 e. The lowest BCUT2D eigenvalue weighted by molar-refractivity contribution is 0.414. The van der Waals surface area contributed by atoms with Gasteiger partial charge in [-0.1, -0.05) is 12.1 Å². The van der Waals surface area contributed by atoms with Gasteiger partial charge in [0.15, 0.2) is 11.6 Å². The van der Waals surface area contributed by atoms with E-state index < -0.39 is 0 Å². The van der Waals surface area contributed by atoms with Gasteiger partial charge in [0.05, 0.1) is 7.11 Å². The maximum absolute atomic E-state index is 5.39. The quantitative estimate of drug-likeness (QED) is 0.268. The highest BCUT2D eigenvalue weighted by molar-refractivity contribution is 14.0. The van der Waals surface area contributed by atoms with Crippen LogP contribution >= 0.6 is 24.0 Å². The van der Waals surface area contributed by atoms with E-state index in [1.807, 2.05) is 40.9 Å². The van der Waals surface area contributed by atoms with Gasteiger partial charge in [0, 0.05) is 56.6 Å². The molecule has 1 aliphatic rings. The number of methoxy groups -OCH3 is 1. The Labute approximate surface area is 206 Å². The van der Waals surface area contributed by atoms with Gasteiger partial charge in [-0.25, -0.2) is 0 Å². The van der Waals surface area contributed by atoms with Crippen molar-refractivity contribution in [2.24, 2.45) is 4.99 Å². The first-order valence-electron chi connectivity index (χ1n) is 11.0. The standard InChI is InChI=1S/C23H31N7O.HI/c1-3-24-23(25-13-12-22-28-27-21-11-4-5-15-30(21)22)26-18-8-7-14-29(17-18)19-9-6-10-20(16-19)31-2;/h4-6,9-11,15-16,18H,3,7-8,12-14,17H2,1-2H3,(H2,24,25,26);1H. The molecule has 0 amide bonds. The lowest BCUT2D eigenvalue weighted by Gasteiger charge is -2.35. The first-order chi connectivity index (χ1) is 15.3. The van der Waals surface area contributed by atoms with Crippen LogP contribution in [0.15, 0.2) is 53.7 Å². The number of hydrogen-bond acceptors (Lipinski definition) is 5. The molecule has 1 unspecified atom stereocenters. The first-order valence-corrected chi connectivity index (χ1v) is 11.0. The van der Waals surface area contributed by atoms with E-state index in [0.717, 1.165) is 62.1 Å². The molecule has 0 aliphatic carbocycles. The number of hydrogen-bond donors (Lipinski definition) is 2. The number of aliphatic imine (C=N–C) groups is 1. The minimum Gasteiger partial charge on any atom is -0.497 e. The van der Waals surface area contributed by atoms with Crippen molar-refractivity contribution in [1.82, 2.24) is 25.2 Å². The van der Waals surface area contributed by atoms with Crippen molar-refractivity contribution in [1.29, 1.82) is 0 Å². The highest BCUT2D eigenvalue weighted by Gasteiger charge is 2.21. The predicted octanol–water partition coefficient (Wildman–Crippen LogP) is 3.12. The van der Waals surface area contributed by atoms with Gasteiger partial charge in [-0.2, -0.15) is 0 Å². The molecule has 0 bridgehead atoms.